The lowest BCUT2D eigenvalue weighted by atomic mass is 9.75. The minimum atomic E-state index is -2.76. The Bertz CT molecular complexity index is 1150. The van der Waals surface area contributed by atoms with Crippen LogP contribution in [-0.4, -0.2) is 52.9 Å². The maximum atomic E-state index is 15.2. The van der Waals surface area contributed by atoms with Gasteiger partial charge in [-0.15, -0.1) is 0 Å². The number of carbonyl (C=O) groups is 3. The summed E-state index contributed by atoms with van der Waals surface area (Å²) in [6, 6.07) is 3.06. The highest BCUT2D eigenvalue weighted by Gasteiger charge is 2.85. The number of rotatable bonds is 9. The van der Waals surface area contributed by atoms with Crippen LogP contribution in [0.4, 0.5) is 18.0 Å². The molecule has 1 aromatic rings. The molecule has 9 nitrogen and oxygen atoms in total. The Balaban J connectivity index is 1.42. The molecule has 40 heavy (non-hydrogen) atoms. The molecular formula is C28H36F3NO8. The van der Waals surface area contributed by atoms with Gasteiger partial charge in [0.2, 0.25) is 12.0 Å². The lowest BCUT2D eigenvalue weighted by Crippen LogP contribution is -2.61. The highest BCUT2D eigenvalue weighted by Crippen LogP contribution is 2.67. The van der Waals surface area contributed by atoms with E-state index in [9.17, 15) is 28.3 Å². The smallest absolute Gasteiger partial charge is 0.479 e. The molecule has 0 amide bonds. The van der Waals surface area contributed by atoms with Gasteiger partial charge in [0, 0.05) is 18.8 Å². The fourth-order valence-electron chi connectivity index (χ4n) is 6.44. The largest absolute Gasteiger partial charge is 0.511 e. The number of nitrogens with two attached hydrogens (primary N) is 1. The topological polar surface area (TPSA) is 134 Å². The molecule has 0 saturated heterocycles. The predicted octanol–water partition coefficient (Wildman–Crippen LogP) is 4.49. The van der Waals surface area contributed by atoms with Gasteiger partial charge in [0.1, 0.15) is 11.6 Å². The molecule has 0 spiro atoms. The molecule has 3 N–H and O–H groups in total. The van der Waals surface area contributed by atoms with E-state index in [1.54, 1.807) is 0 Å². The van der Waals surface area contributed by atoms with Crippen LogP contribution in [0.25, 0.3) is 0 Å². The highest BCUT2D eigenvalue weighted by atomic mass is 19.2. The Morgan fingerprint density at radius 2 is 1.80 bits per heavy atom. The zero-order chi connectivity index (χ0) is 29.6. The van der Waals surface area contributed by atoms with E-state index in [0.717, 1.165) is 25.0 Å². The fourth-order valence-corrected chi connectivity index (χ4v) is 6.44. The van der Waals surface area contributed by atoms with E-state index < -0.39 is 65.2 Å². The van der Waals surface area contributed by atoms with Crippen LogP contribution in [0.5, 0.6) is 0 Å². The van der Waals surface area contributed by atoms with Gasteiger partial charge in [-0.3, -0.25) is 0 Å². The number of alkyl halides is 1. The number of esters is 1. The average molecular weight is 572 g/mol. The molecule has 0 aliphatic heterocycles. The van der Waals surface area contributed by atoms with Crippen molar-refractivity contribution in [1.82, 2.24) is 0 Å². The van der Waals surface area contributed by atoms with Crippen molar-refractivity contribution >= 4 is 18.1 Å². The normalized spacial score (nSPS) is 35.5. The molecule has 3 saturated carbocycles. The van der Waals surface area contributed by atoms with Gasteiger partial charge in [-0.1, -0.05) is 33.3 Å². The van der Waals surface area contributed by atoms with E-state index in [0.29, 0.717) is 12.3 Å². The molecule has 1 unspecified atom stereocenters. The van der Waals surface area contributed by atoms with E-state index in [2.05, 4.69) is 6.92 Å². The summed E-state index contributed by atoms with van der Waals surface area (Å²) in [6.45, 7) is 7.11. The van der Waals surface area contributed by atoms with Crippen LogP contribution in [0.3, 0.4) is 0 Å². The van der Waals surface area contributed by atoms with Crippen molar-refractivity contribution in [3.63, 3.8) is 0 Å². The van der Waals surface area contributed by atoms with Gasteiger partial charge in [0.05, 0.1) is 12.7 Å². The van der Waals surface area contributed by atoms with Crippen molar-refractivity contribution in [1.29, 1.82) is 0 Å². The van der Waals surface area contributed by atoms with E-state index in [4.69, 9.17) is 24.7 Å². The van der Waals surface area contributed by atoms with Gasteiger partial charge in [-0.25, -0.2) is 27.6 Å². The molecule has 9 atom stereocenters. The van der Waals surface area contributed by atoms with Crippen molar-refractivity contribution in [3.05, 3.63) is 35.4 Å². The molecule has 222 valence electrons. The molecule has 1 aromatic carbocycles. The summed E-state index contributed by atoms with van der Waals surface area (Å²) in [4.78, 5) is 37.4. The monoisotopic (exact) mass is 571 g/mol. The SMILES string of the molecule is CC(C)[C@@H]1CC[C@@H](C)CC1OC(=O)O[C@@H](C)OC(=O)[C@@]1(N)[C@H]2[C@@H](C[C@H]1OCc1ccc(F)c(F)c1)[C@]2(F)C(=O)O. The lowest BCUT2D eigenvalue weighted by Gasteiger charge is -2.36. The highest BCUT2D eigenvalue weighted by molar-refractivity contribution is 5.91. The van der Waals surface area contributed by atoms with E-state index in [-0.39, 0.29) is 36.5 Å². The van der Waals surface area contributed by atoms with Gasteiger partial charge in [-0.2, -0.15) is 0 Å². The van der Waals surface area contributed by atoms with Gasteiger partial charge in [0.25, 0.3) is 0 Å². The summed E-state index contributed by atoms with van der Waals surface area (Å²) in [5.41, 5.74) is 1.56. The van der Waals surface area contributed by atoms with E-state index in [1.165, 1.54) is 13.0 Å². The quantitative estimate of drug-likeness (QED) is 0.325. The summed E-state index contributed by atoms with van der Waals surface area (Å²) in [7, 11) is 0. The van der Waals surface area contributed by atoms with Crippen molar-refractivity contribution in [3.8, 4) is 0 Å². The number of carboxylic acids is 1. The van der Waals surface area contributed by atoms with Crippen molar-refractivity contribution in [2.45, 2.75) is 89.7 Å². The maximum Gasteiger partial charge on any atom is 0.511 e. The zero-order valence-corrected chi connectivity index (χ0v) is 22.9. The summed E-state index contributed by atoms with van der Waals surface area (Å²) >= 11 is 0. The number of fused-ring (bicyclic) bond motifs is 1. The second kappa shape index (κ2) is 11.2. The Kier molecular flexibility index (Phi) is 8.43. The minimum Gasteiger partial charge on any atom is -0.479 e. The number of benzene rings is 1. The number of hydrogen-bond donors (Lipinski definition) is 2. The summed E-state index contributed by atoms with van der Waals surface area (Å²) in [5, 5.41) is 9.43. The summed E-state index contributed by atoms with van der Waals surface area (Å²) in [6.07, 6.45) is -1.72. The average Bonchev–Trinajstić information content (AvgIpc) is 3.34. The van der Waals surface area contributed by atoms with Crippen LogP contribution in [0.2, 0.25) is 0 Å². The molecule has 0 heterocycles. The lowest BCUT2D eigenvalue weighted by molar-refractivity contribution is -0.184. The van der Waals surface area contributed by atoms with Crippen LogP contribution >= 0.6 is 0 Å². The van der Waals surface area contributed by atoms with Gasteiger partial charge in [-0.05, 0) is 54.7 Å². The van der Waals surface area contributed by atoms with E-state index in [1.807, 2.05) is 13.8 Å². The molecule has 3 fully saturated rings. The molecule has 4 rings (SSSR count). The zero-order valence-electron chi connectivity index (χ0n) is 22.9. The third-order valence-electron chi connectivity index (χ3n) is 8.66. The van der Waals surface area contributed by atoms with Crippen LogP contribution in [-0.2, 0) is 35.1 Å². The number of ether oxygens (including phenoxy) is 4. The Morgan fingerprint density at radius 3 is 2.42 bits per heavy atom. The van der Waals surface area contributed by atoms with E-state index >= 15 is 4.39 Å². The predicted molar refractivity (Wildman–Crippen MR) is 133 cm³/mol. The van der Waals surface area contributed by atoms with Crippen molar-refractivity contribution in [2.75, 3.05) is 0 Å². The van der Waals surface area contributed by atoms with Crippen LogP contribution < -0.4 is 5.73 Å². The molecule has 3 aliphatic rings. The first-order chi connectivity index (χ1) is 18.7. The molecule has 12 heteroatoms. The van der Waals surface area contributed by atoms with Crippen LogP contribution in [0, 0.1) is 41.2 Å². The molecule has 0 bridgehead atoms. The van der Waals surface area contributed by atoms with Gasteiger partial charge in [0.15, 0.2) is 11.6 Å². The van der Waals surface area contributed by atoms with Crippen LogP contribution in [0.1, 0.15) is 58.9 Å². The van der Waals surface area contributed by atoms with Crippen molar-refractivity contribution in [2.24, 2.45) is 35.3 Å². The first kappa shape index (κ1) is 30.1. The fraction of sp³-hybridized carbons (Fsp3) is 0.679. The summed E-state index contributed by atoms with van der Waals surface area (Å²) in [5.74, 6) is -6.94. The summed E-state index contributed by atoms with van der Waals surface area (Å²) < 4.78 is 63.7. The number of aliphatic carboxylic acids is 1. The second-order valence-electron chi connectivity index (χ2n) is 11.7. The Hall–Kier alpha value is -2.86. The number of carbonyl (C=O) groups excluding carboxylic acids is 2. The first-order valence-electron chi connectivity index (χ1n) is 13.5. The van der Waals surface area contributed by atoms with Crippen molar-refractivity contribution < 1.29 is 51.6 Å². The Labute approximate surface area is 230 Å². The molecular weight excluding hydrogens is 535 g/mol. The van der Waals surface area contributed by atoms with Gasteiger partial charge >= 0.3 is 18.1 Å². The number of carboxylic acid groups (broad SMARTS) is 1. The standard InChI is InChI=1S/C28H36F3NO8/c1-13(2)17-7-5-14(3)9-21(17)40-26(36)39-15(4)38-25(35)28(32)22(11-18-23(28)27(18,31)24(33)34)37-12-16-6-8-19(29)20(30)10-16/h6,8,10,13-15,17-18,21-23H,5,7,9,11-12,32H2,1-4H3,(H,33,34)/t14-,15+,17+,18-,21?,22-,23+,27-,28+/m1/s1. The third-order valence-corrected chi connectivity index (χ3v) is 8.66. The maximum absolute atomic E-state index is 15.2. The number of halogens is 3. The minimum absolute atomic E-state index is 0.153. The van der Waals surface area contributed by atoms with Gasteiger partial charge < -0.3 is 29.8 Å². The van der Waals surface area contributed by atoms with Crippen LogP contribution in [0.15, 0.2) is 18.2 Å². The number of hydrogen-bond acceptors (Lipinski definition) is 8. The Morgan fingerprint density at radius 1 is 1.10 bits per heavy atom. The third kappa shape index (κ3) is 5.52. The first-order valence-corrected chi connectivity index (χ1v) is 13.5. The second-order valence-corrected chi connectivity index (χ2v) is 11.7. The molecule has 3 aliphatic carbocycles. The molecule has 0 aromatic heterocycles. The molecule has 0 radical (unpaired) electrons.